The van der Waals surface area contributed by atoms with E-state index in [4.69, 9.17) is 9.47 Å². The smallest absolute Gasteiger partial charge is 0.412 e. The van der Waals surface area contributed by atoms with E-state index in [0.29, 0.717) is 45.6 Å². The van der Waals surface area contributed by atoms with Crippen LogP contribution in [-0.2, 0) is 19.1 Å². The van der Waals surface area contributed by atoms with Gasteiger partial charge in [-0.3, -0.25) is 14.5 Å². The number of hydrogen-bond donors (Lipinski definition) is 1. The lowest BCUT2D eigenvalue weighted by Gasteiger charge is -2.41. The predicted octanol–water partition coefficient (Wildman–Crippen LogP) is 3.99. The van der Waals surface area contributed by atoms with E-state index < -0.39 is 11.7 Å². The summed E-state index contributed by atoms with van der Waals surface area (Å²) in [7, 11) is 3.04. The topological polar surface area (TPSA) is 71.1 Å². The molecule has 40 heavy (non-hydrogen) atoms. The number of allylic oxidation sites excluding steroid dienone is 5. The Labute approximate surface area is 234 Å². The summed E-state index contributed by atoms with van der Waals surface area (Å²) in [5.41, 5.74) is 1.73. The molecule has 0 saturated carbocycles. The molecule has 3 aliphatic heterocycles. The molecule has 0 spiro atoms. The van der Waals surface area contributed by atoms with Gasteiger partial charge in [0.15, 0.2) is 0 Å². The maximum Gasteiger partial charge on any atom is 0.412 e. The molecular formula is C30H40F3N3O4. The number of piperidine rings is 1. The summed E-state index contributed by atoms with van der Waals surface area (Å²) in [4.78, 5) is 29.8. The number of methoxy groups -OCH3 is 2. The molecule has 0 aromatic carbocycles. The van der Waals surface area contributed by atoms with Gasteiger partial charge in [-0.2, -0.15) is 13.2 Å². The number of carbonyl (C=O) groups is 2. The lowest BCUT2D eigenvalue weighted by Crippen LogP contribution is -2.46. The van der Waals surface area contributed by atoms with Crippen molar-refractivity contribution in [2.45, 2.75) is 50.7 Å². The highest BCUT2D eigenvalue weighted by molar-refractivity contribution is 5.80. The van der Waals surface area contributed by atoms with Crippen LogP contribution in [0.1, 0.15) is 38.5 Å². The van der Waals surface area contributed by atoms with E-state index in [-0.39, 0.29) is 48.0 Å². The Morgan fingerprint density at radius 3 is 2.40 bits per heavy atom. The third kappa shape index (κ3) is 6.03. The van der Waals surface area contributed by atoms with Gasteiger partial charge in [-0.25, -0.2) is 0 Å². The summed E-state index contributed by atoms with van der Waals surface area (Å²) in [6.07, 6.45) is 6.12. The average molecular weight is 564 g/mol. The van der Waals surface area contributed by atoms with Crippen molar-refractivity contribution in [3.8, 4) is 0 Å². The molecule has 1 N–H and O–H groups in total. The molecule has 5 rings (SSSR count). The van der Waals surface area contributed by atoms with Gasteiger partial charge in [0.2, 0.25) is 5.91 Å². The number of ether oxygens (including phenoxy) is 2. The maximum atomic E-state index is 13.7. The highest BCUT2D eigenvalue weighted by Crippen LogP contribution is 2.41. The van der Waals surface area contributed by atoms with Crippen LogP contribution in [-0.4, -0.2) is 87.4 Å². The zero-order valence-electron chi connectivity index (χ0n) is 23.3. The number of nitrogens with zero attached hydrogens (tertiary/aromatic N) is 2. The lowest BCUT2D eigenvalue weighted by atomic mass is 9.82. The van der Waals surface area contributed by atoms with E-state index in [2.05, 4.69) is 16.3 Å². The highest BCUT2D eigenvalue weighted by Gasteiger charge is 2.44. The maximum absolute atomic E-state index is 13.7. The second kappa shape index (κ2) is 12.1. The Balaban J connectivity index is 1.28. The fraction of sp³-hybridized carbons (Fsp3) is 0.667. The lowest BCUT2D eigenvalue weighted by molar-refractivity contribution is -0.147. The molecule has 7 nitrogen and oxygen atoms in total. The van der Waals surface area contributed by atoms with Crippen molar-refractivity contribution in [3.05, 3.63) is 46.8 Å². The van der Waals surface area contributed by atoms with Crippen LogP contribution in [0.2, 0.25) is 0 Å². The molecule has 220 valence electrons. The first-order valence-corrected chi connectivity index (χ1v) is 14.4. The molecule has 3 fully saturated rings. The zero-order valence-corrected chi connectivity index (χ0v) is 23.3. The van der Waals surface area contributed by atoms with Gasteiger partial charge in [-0.1, -0.05) is 23.8 Å². The number of hydrogen-bond acceptors (Lipinski definition) is 6. The van der Waals surface area contributed by atoms with Gasteiger partial charge in [0.25, 0.3) is 0 Å². The second-order valence-corrected chi connectivity index (χ2v) is 11.6. The van der Waals surface area contributed by atoms with Crippen molar-refractivity contribution in [1.82, 2.24) is 15.1 Å². The number of nitrogens with one attached hydrogen (secondary N) is 1. The number of likely N-dealkylation sites (tertiary alicyclic amines) is 2. The molecule has 0 bridgehead atoms. The molecule has 5 aliphatic rings. The van der Waals surface area contributed by atoms with Crippen LogP contribution in [0.5, 0.6) is 0 Å². The molecule has 3 saturated heterocycles. The molecule has 0 aromatic heterocycles. The monoisotopic (exact) mass is 563 g/mol. The van der Waals surface area contributed by atoms with Crippen molar-refractivity contribution in [2.24, 2.45) is 23.7 Å². The first-order chi connectivity index (χ1) is 19.2. The normalized spacial score (nSPS) is 30.4. The van der Waals surface area contributed by atoms with Gasteiger partial charge in [0.1, 0.15) is 0 Å². The Kier molecular flexibility index (Phi) is 8.75. The van der Waals surface area contributed by atoms with Crippen molar-refractivity contribution < 1.29 is 32.2 Å². The Bertz CT molecular complexity index is 1100. The number of esters is 1. The summed E-state index contributed by atoms with van der Waals surface area (Å²) in [5.74, 6) is 0.666. The van der Waals surface area contributed by atoms with Crippen LogP contribution in [0.4, 0.5) is 13.2 Å². The van der Waals surface area contributed by atoms with Crippen LogP contribution >= 0.6 is 0 Å². The molecule has 10 heteroatoms. The minimum absolute atomic E-state index is 0.0206. The van der Waals surface area contributed by atoms with E-state index in [0.717, 1.165) is 37.1 Å². The molecule has 0 aromatic rings. The van der Waals surface area contributed by atoms with E-state index in [1.165, 1.54) is 18.8 Å². The zero-order chi connectivity index (χ0) is 28.4. The van der Waals surface area contributed by atoms with Gasteiger partial charge in [-0.05, 0) is 56.8 Å². The molecule has 3 unspecified atom stereocenters. The number of rotatable bonds is 6. The third-order valence-corrected chi connectivity index (χ3v) is 9.53. The van der Waals surface area contributed by atoms with Crippen molar-refractivity contribution >= 4 is 11.9 Å². The molecule has 4 atom stereocenters. The van der Waals surface area contributed by atoms with Crippen molar-refractivity contribution in [2.75, 3.05) is 53.5 Å². The molecule has 3 heterocycles. The largest absolute Gasteiger partial charge is 0.501 e. The van der Waals surface area contributed by atoms with E-state index >= 15 is 0 Å². The van der Waals surface area contributed by atoms with Crippen LogP contribution in [0.25, 0.3) is 0 Å². The quantitative estimate of drug-likeness (QED) is 0.493. The Morgan fingerprint density at radius 2 is 1.75 bits per heavy atom. The predicted molar refractivity (Wildman–Crippen MR) is 144 cm³/mol. The van der Waals surface area contributed by atoms with Crippen LogP contribution in [0, 0.1) is 23.7 Å². The fourth-order valence-corrected chi connectivity index (χ4v) is 7.18. The summed E-state index contributed by atoms with van der Waals surface area (Å²) < 4.78 is 51.4. The number of halogens is 3. The highest BCUT2D eigenvalue weighted by atomic mass is 19.4. The summed E-state index contributed by atoms with van der Waals surface area (Å²) in [6.45, 7) is 3.66. The number of alkyl halides is 3. The standard InChI is InChI=1S/C30H40F3N3O4/c1-39-23-6-3-19(4-7-23)25-16-34-17-26(25)28(37)36-14-11-21(18-36)24-8-5-22(30(31,32)33)15-27(24)35-12-9-20(10-13-35)29(38)40-2/h3,5-6,8,20-21,25-27,34H,4,7,9-18H2,1-2H3/t21?,25?,26-,27?/m1/s1. The van der Waals surface area contributed by atoms with E-state index in [1.807, 2.05) is 11.0 Å². The number of amides is 1. The Morgan fingerprint density at radius 1 is 0.975 bits per heavy atom. The van der Waals surface area contributed by atoms with Gasteiger partial charge in [0, 0.05) is 56.1 Å². The van der Waals surface area contributed by atoms with Gasteiger partial charge in [-0.15, -0.1) is 0 Å². The minimum atomic E-state index is -4.38. The van der Waals surface area contributed by atoms with Crippen LogP contribution in [0.15, 0.2) is 46.8 Å². The van der Waals surface area contributed by atoms with Crippen molar-refractivity contribution in [1.29, 1.82) is 0 Å². The average Bonchev–Trinajstić information content (AvgIpc) is 3.66. The number of carbonyl (C=O) groups excluding carboxylic acids is 2. The molecule has 0 radical (unpaired) electrons. The van der Waals surface area contributed by atoms with Crippen LogP contribution < -0.4 is 5.32 Å². The molecule has 2 aliphatic carbocycles. The SMILES string of the molecule is COC(=O)C1CCN(C2CC(C(F)(F)F)=CC=C2C2CCN(C(=O)[C@@H]3CNCC3C3=CC=C(OC)CC3)C2)CC1. The fourth-order valence-electron chi connectivity index (χ4n) is 7.18. The van der Waals surface area contributed by atoms with E-state index in [9.17, 15) is 22.8 Å². The van der Waals surface area contributed by atoms with Crippen LogP contribution in [0.3, 0.4) is 0 Å². The third-order valence-electron chi connectivity index (χ3n) is 9.53. The summed E-state index contributed by atoms with van der Waals surface area (Å²) >= 11 is 0. The van der Waals surface area contributed by atoms with Gasteiger partial charge in [0.05, 0.1) is 31.8 Å². The molecular weight excluding hydrogens is 523 g/mol. The first-order valence-electron chi connectivity index (χ1n) is 14.4. The Hall–Kier alpha value is -2.59. The minimum Gasteiger partial charge on any atom is -0.501 e. The summed E-state index contributed by atoms with van der Waals surface area (Å²) in [6, 6.07) is -0.379. The van der Waals surface area contributed by atoms with Gasteiger partial charge >= 0.3 is 12.1 Å². The van der Waals surface area contributed by atoms with E-state index in [1.54, 1.807) is 13.2 Å². The second-order valence-electron chi connectivity index (χ2n) is 11.6. The first kappa shape index (κ1) is 28.9. The van der Waals surface area contributed by atoms with Gasteiger partial charge < -0.3 is 19.7 Å². The summed E-state index contributed by atoms with van der Waals surface area (Å²) in [5, 5.41) is 3.40. The van der Waals surface area contributed by atoms with Crippen molar-refractivity contribution in [3.63, 3.8) is 0 Å². The molecule has 1 amide bonds.